The molecule has 0 aliphatic rings. The van der Waals surface area contributed by atoms with E-state index in [0.717, 1.165) is 5.56 Å². The highest BCUT2D eigenvalue weighted by molar-refractivity contribution is 6.32. The van der Waals surface area contributed by atoms with Gasteiger partial charge in [-0.2, -0.15) is 0 Å². The number of hydrogen-bond acceptors (Lipinski definition) is 5. The molecule has 2 aromatic carbocycles. The zero-order valence-electron chi connectivity index (χ0n) is 15.1. The summed E-state index contributed by atoms with van der Waals surface area (Å²) in [5.74, 6) is 0.0943. The van der Waals surface area contributed by atoms with Gasteiger partial charge in [-0.25, -0.2) is 0 Å². The number of nitrogens with two attached hydrogens (primary N) is 1. The number of primary amides is 1. The molecule has 0 saturated carbocycles. The summed E-state index contributed by atoms with van der Waals surface area (Å²) in [7, 11) is 1.41. The molecule has 0 atom stereocenters. The summed E-state index contributed by atoms with van der Waals surface area (Å²) in [6.45, 7) is 2.36. The van der Waals surface area contributed by atoms with Crippen LogP contribution in [0.5, 0.6) is 17.2 Å². The number of benzene rings is 2. The van der Waals surface area contributed by atoms with Crippen LogP contribution in [0.2, 0.25) is 5.02 Å². The lowest BCUT2D eigenvalue weighted by atomic mass is 10.1. The molecule has 3 N–H and O–H groups in total. The van der Waals surface area contributed by atoms with Crippen molar-refractivity contribution >= 4 is 23.4 Å². The SMILES string of the molecule is CCOc1ccccc1CNC(=O)c1cc(Cl)c(OCC(N)=O)c(OC)c1. The number of ether oxygens (including phenoxy) is 3. The zero-order chi connectivity index (χ0) is 19.8. The minimum Gasteiger partial charge on any atom is -0.494 e. The Morgan fingerprint density at radius 3 is 2.56 bits per heavy atom. The van der Waals surface area contributed by atoms with Crippen molar-refractivity contribution in [2.45, 2.75) is 13.5 Å². The Morgan fingerprint density at radius 2 is 1.89 bits per heavy atom. The van der Waals surface area contributed by atoms with Gasteiger partial charge in [0.2, 0.25) is 0 Å². The third-order valence-electron chi connectivity index (χ3n) is 3.56. The average Bonchev–Trinajstić information content (AvgIpc) is 2.65. The van der Waals surface area contributed by atoms with E-state index in [2.05, 4.69) is 5.32 Å². The molecular weight excluding hydrogens is 372 g/mol. The molecular formula is C19H21ClN2O5. The van der Waals surface area contributed by atoms with Gasteiger partial charge in [0, 0.05) is 17.7 Å². The maximum absolute atomic E-state index is 12.5. The molecule has 0 saturated heterocycles. The van der Waals surface area contributed by atoms with Crippen molar-refractivity contribution in [3.8, 4) is 17.2 Å². The highest BCUT2D eigenvalue weighted by Crippen LogP contribution is 2.36. The first kappa shape index (κ1) is 20.4. The van der Waals surface area contributed by atoms with Gasteiger partial charge in [0.1, 0.15) is 5.75 Å². The van der Waals surface area contributed by atoms with Crippen LogP contribution in [-0.4, -0.2) is 32.1 Å². The summed E-state index contributed by atoms with van der Waals surface area (Å²) in [4.78, 5) is 23.4. The van der Waals surface area contributed by atoms with E-state index in [0.29, 0.717) is 12.4 Å². The fourth-order valence-corrected chi connectivity index (χ4v) is 2.62. The predicted octanol–water partition coefficient (Wildman–Crippen LogP) is 2.54. The van der Waals surface area contributed by atoms with Gasteiger partial charge < -0.3 is 25.3 Å². The third kappa shape index (κ3) is 5.52. The van der Waals surface area contributed by atoms with Crippen molar-refractivity contribution in [3.63, 3.8) is 0 Å². The minimum atomic E-state index is -0.650. The second kappa shape index (κ2) is 9.68. The standard InChI is InChI=1S/C19H21ClN2O5/c1-3-26-15-7-5-4-6-12(15)10-22-19(24)13-8-14(20)18(16(9-13)25-2)27-11-17(21)23/h4-9H,3,10-11H2,1-2H3,(H2,21,23)(H,22,24). The molecule has 7 nitrogen and oxygen atoms in total. The summed E-state index contributed by atoms with van der Waals surface area (Å²) in [6, 6.07) is 10.4. The number of carbonyl (C=O) groups is 2. The van der Waals surface area contributed by atoms with Crippen LogP contribution in [-0.2, 0) is 11.3 Å². The molecule has 8 heteroatoms. The van der Waals surface area contributed by atoms with Crippen molar-refractivity contribution in [1.29, 1.82) is 0 Å². The predicted molar refractivity (Wildman–Crippen MR) is 101 cm³/mol. The lowest BCUT2D eigenvalue weighted by Gasteiger charge is -2.14. The molecule has 0 aliphatic carbocycles. The summed E-state index contributed by atoms with van der Waals surface area (Å²) in [6.07, 6.45) is 0. The van der Waals surface area contributed by atoms with Crippen molar-refractivity contribution in [2.75, 3.05) is 20.3 Å². The van der Waals surface area contributed by atoms with Crippen molar-refractivity contribution in [2.24, 2.45) is 5.73 Å². The summed E-state index contributed by atoms with van der Waals surface area (Å²) in [5, 5.41) is 2.95. The fourth-order valence-electron chi connectivity index (χ4n) is 2.36. The van der Waals surface area contributed by atoms with Gasteiger partial charge in [-0.05, 0) is 25.1 Å². The molecule has 0 bridgehead atoms. The summed E-state index contributed by atoms with van der Waals surface area (Å²) in [5.41, 5.74) is 6.21. The molecule has 144 valence electrons. The van der Waals surface area contributed by atoms with E-state index in [1.165, 1.54) is 19.2 Å². The van der Waals surface area contributed by atoms with Crippen LogP contribution in [0.25, 0.3) is 0 Å². The van der Waals surface area contributed by atoms with Crippen molar-refractivity contribution < 1.29 is 23.8 Å². The van der Waals surface area contributed by atoms with E-state index in [-0.39, 0.29) is 41.1 Å². The lowest BCUT2D eigenvalue weighted by Crippen LogP contribution is -2.23. The van der Waals surface area contributed by atoms with Crippen LogP contribution >= 0.6 is 11.6 Å². The highest BCUT2D eigenvalue weighted by Gasteiger charge is 2.17. The summed E-state index contributed by atoms with van der Waals surface area (Å²) >= 11 is 6.17. The first-order valence-corrected chi connectivity index (χ1v) is 8.61. The number of methoxy groups -OCH3 is 1. The van der Waals surface area contributed by atoms with Crippen LogP contribution in [0.1, 0.15) is 22.8 Å². The van der Waals surface area contributed by atoms with E-state index >= 15 is 0 Å². The van der Waals surface area contributed by atoms with Gasteiger partial charge in [0.05, 0.1) is 18.7 Å². The van der Waals surface area contributed by atoms with E-state index in [1.807, 2.05) is 31.2 Å². The van der Waals surface area contributed by atoms with E-state index in [9.17, 15) is 9.59 Å². The largest absolute Gasteiger partial charge is 0.494 e. The number of para-hydroxylation sites is 1. The molecule has 0 radical (unpaired) electrons. The van der Waals surface area contributed by atoms with E-state index in [4.69, 9.17) is 31.5 Å². The summed E-state index contributed by atoms with van der Waals surface area (Å²) < 4.78 is 16.0. The van der Waals surface area contributed by atoms with Crippen LogP contribution in [0.3, 0.4) is 0 Å². The molecule has 2 amide bonds. The first-order chi connectivity index (χ1) is 13.0. The van der Waals surface area contributed by atoms with Crippen LogP contribution in [0.15, 0.2) is 36.4 Å². The van der Waals surface area contributed by atoms with E-state index < -0.39 is 5.91 Å². The zero-order valence-corrected chi connectivity index (χ0v) is 15.8. The van der Waals surface area contributed by atoms with Crippen molar-refractivity contribution in [3.05, 3.63) is 52.5 Å². The second-order valence-corrected chi connectivity index (χ2v) is 5.88. The molecule has 2 aromatic rings. The van der Waals surface area contributed by atoms with Gasteiger partial charge in [0.15, 0.2) is 18.1 Å². The molecule has 0 aromatic heterocycles. The van der Waals surface area contributed by atoms with Gasteiger partial charge in [-0.15, -0.1) is 0 Å². The van der Waals surface area contributed by atoms with Gasteiger partial charge >= 0.3 is 0 Å². The van der Waals surface area contributed by atoms with Gasteiger partial charge in [0.25, 0.3) is 11.8 Å². The lowest BCUT2D eigenvalue weighted by molar-refractivity contribution is -0.119. The smallest absolute Gasteiger partial charge is 0.255 e. The Morgan fingerprint density at radius 1 is 1.15 bits per heavy atom. The van der Waals surface area contributed by atoms with Crippen LogP contribution in [0.4, 0.5) is 0 Å². The van der Waals surface area contributed by atoms with Gasteiger partial charge in [-0.3, -0.25) is 9.59 Å². The van der Waals surface area contributed by atoms with Crippen molar-refractivity contribution in [1.82, 2.24) is 5.32 Å². The number of carbonyl (C=O) groups excluding carboxylic acids is 2. The first-order valence-electron chi connectivity index (χ1n) is 8.23. The molecule has 0 fully saturated rings. The maximum Gasteiger partial charge on any atom is 0.255 e. The molecule has 0 spiro atoms. The number of amides is 2. The molecule has 2 rings (SSSR count). The number of rotatable bonds is 9. The van der Waals surface area contributed by atoms with Crippen LogP contribution in [0, 0.1) is 0 Å². The molecule has 0 aliphatic heterocycles. The Hall–Kier alpha value is -2.93. The van der Waals surface area contributed by atoms with Gasteiger partial charge in [-0.1, -0.05) is 29.8 Å². The minimum absolute atomic E-state index is 0.135. The number of nitrogens with one attached hydrogen (secondary N) is 1. The maximum atomic E-state index is 12.5. The number of halogens is 1. The molecule has 27 heavy (non-hydrogen) atoms. The Bertz CT molecular complexity index is 826. The molecule has 0 unspecified atom stereocenters. The second-order valence-electron chi connectivity index (χ2n) is 5.47. The number of hydrogen-bond donors (Lipinski definition) is 2. The van der Waals surface area contributed by atoms with E-state index in [1.54, 1.807) is 0 Å². The molecule has 0 heterocycles. The monoisotopic (exact) mass is 392 g/mol. The Balaban J connectivity index is 2.14. The topological polar surface area (TPSA) is 99.9 Å². The highest BCUT2D eigenvalue weighted by atomic mass is 35.5. The van der Waals surface area contributed by atoms with Crippen LogP contribution < -0.4 is 25.3 Å². The Labute approximate surface area is 162 Å². The average molecular weight is 393 g/mol. The Kier molecular flexibility index (Phi) is 7.31. The normalized spacial score (nSPS) is 10.2. The fraction of sp³-hybridized carbons (Fsp3) is 0.263. The quantitative estimate of drug-likeness (QED) is 0.683. The third-order valence-corrected chi connectivity index (χ3v) is 3.84.